The minimum absolute atomic E-state index is 0.0555. The number of ether oxygens (including phenoxy) is 2. The molecule has 1 aromatic rings. The molecular formula is C18H27N3O5S. The van der Waals surface area contributed by atoms with Crippen molar-refractivity contribution in [1.29, 1.82) is 0 Å². The van der Waals surface area contributed by atoms with E-state index in [0.717, 1.165) is 18.4 Å². The molecule has 0 spiro atoms. The smallest absolute Gasteiger partial charge is 0.274 e. The van der Waals surface area contributed by atoms with E-state index in [9.17, 15) is 13.2 Å². The molecule has 1 saturated heterocycles. The third kappa shape index (κ3) is 6.85. The summed E-state index contributed by atoms with van der Waals surface area (Å²) in [6.45, 7) is 3.80. The van der Waals surface area contributed by atoms with Crippen LogP contribution in [0.5, 0.6) is 11.5 Å². The fraction of sp³-hybridized carbons (Fsp3) is 0.500. The van der Waals surface area contributed by atoms with Crippen molar-refractivity contribution in [2.45, 2.75) is 19.8 Å². The van der Waals surface area contributed by atoms with Crippen molar-refractivity contribution in [3.05, 3.63) is 29.8 Å². The Kier molecular flexibility index (Phi) is 7.64. The molecule has 1 atom stereocenters. The van der Waals surface area contributed by atoms with E-state index in [4.69, 9.17) is 14.6 Å². The Balaban J connectivity index is 1.98. The van der Waals surface area contributed by atoms with Gasteiger partial charge >= 0.3 is 0 Å². The number of nitrogens with one attached hydrogen (secondary N) is 1. The average molecular weight is 397 g/mol. The van der Waals surface area contributed by atoms with Crippen LogP contribution in [-0.4, -0.2) is 52.6 Å². The van der Waals surface area contributed by atoms with E-state index >= 15 is 0 Å². The molecule has 0 aliphatic carbocycles. The van der Waals surface area contributed by atoms with Gasteiger partial charge in [0.2, 0.25) is 5.91 Å². The number of hydrogen-bond acceptors (Lipinski definition) is 5. The van der Waals surface area contributed by atoms with Gasteiger partial charge in [0.25, 0.3) is 10.2 Å². The fourth-order valence-electron chi connectivity index (χ4n) is 3.00. The number of nitrogens with zero attached hydrogens (tertiary/aromatic N) is 1. The van der Waals surface area contributed by atoms with Gasteiger partial charge in [0.1, 0.15) is 0 Å². The highest BCUT2D eigenvalue weighted by Crippen LogP contribution is 2.28. The number of nitrogens with two attached hydrogens (primary N) is 1. The molecule has 0 bridgehead atoms. The molecule has 0 aromatic heterocycles. The average Bonchev–Trinajstić information content (AvgIpc) is 2.64. The first-order chi connectivity index (χ1) is 12.8. The molecular weight excluding hydrogens is 370 g/mol. The van der Waals surface area contributed by atoms with Crippen LogP contribution in [0, 0.1) is 5.92 Å². The number of piperidine rings is 1. The number of amides is 1. The van der Waals surface area contributed by atoms with Crippen LogP contribution in [0.2, 0.25) is 0 Å². The quantitative estimate of drug-likeness (QED) is 0.639. The molecule has 1 aliphatic rings. The lowest BCUT2D eigenvalue weighted by molar-refractivity contribution is -0.127. The number of carbonyl (C=O) groups excluding carboxylic acids is 1. The zero-order chi connectivity index (χ0) is 19.9. The van der Waals surface area contributed by atoms with Crippen molar-refractivity contribution >= 4 is 22.2 Å². The largest absolute Gasteiger partial charge is 0.493 e. The molecule has 1 unspecified atom stereocenters. The number of hydrogen-bond donors (Lipinski definition) is 2. The Bertz CT molecular complexity index is 779. The van der Waals surface area contributed by atoms with Crippen LogP contribution in [0.3, 0.4) is 0 Å². The molecule has 1 heterocycles. The summed E-state index contributed by atoms with van der Waals surface area (Å²) in [6.07, 6.45) is 4.93. The molecule has 1 aliphatic heterocycles. The first-order valence-corrected chi connectivity index (χ1v) is 10.4. The molecule has 2 rings (SSSR count). The number of benzene rings is 1. The molecule has 8 nitrogen and oxygen atoms in total. The van der Waals surface area contributed by atoms with Crippen LogP contribution in [-0.2, 0) is 15.0 Å². The van der Waals surface area contributed by atoms with Crippen molar-refractivity contribution in [3.8, 4) is 11.5 Å². The first kappa shape index (κ1) is 21.2. The van der Waals surface area contributed by atoms with Gasteiger partial charge in [-0.3, -0.25) is 4.79 Å². The molecule has 1 aromatic carbocycles. The van der Waals surface area contributed by atoms with Gasteiger partial charge < -0.3 is 14.4 Å². The summed E-state index contributed by atoms with van der Waals surface area (Å²) in [6, 6.07) is 5.46. The van der Waals surface area contributed by atoms with Gasteiger partial charge in [-0.1, -0.05) is 6.07 Å². The second kappa shape index (κ2) is 9.72. The molecule has 3 N–H and O–H groups in total. The van der Waals surface area contributed by atoms with Crippen LogP contribution in [0.25, 0.3) is 6.08 Å². The molecule has 0 saturated carbocycles. The van der Waals surface area contributed by atoms with Crippen molar-refractivity contribution in [1.82, 2.24) is 9.62 Å². The first-order valence-electron chi connectivity index (χ1n) is 8.87. The van der Waals surface area contributed by atoms with Crippen LogP contribution in [0.1, 0.15) is 25.3 Å². The predicted octanol–water partition coefficient (Wildman–Crippen LogP) is 1.14. The van der Waals surface area contributed by atoms with Crippen molar-refractivity contribution in [3.63, 3.8) is 0 Å². The topological polar surface area (TPSA) is 111 Å². The second-order valence-corrected chi connectivity index (χ2v) is 7.74. The summed E-state index contributed by atoms with van der Waals surface area (Å²) in [5, 5.41) is 4.96. The van der Waals surface area contributed by atoms with Crippen LogP contribution < -0.4 is 19.3 Å². The Labute approximate surface area is 160 Å². The van der Waals surface area contributed by atoms with Crippen LogP contribution in [0.15, 0.2) is 24.3 Å². The lowest BCUT2D eigenvalue weighted by atomic mass is 9.98. The molecule has 150 valence electrons. The Hall–Kier alpha value is -2.10. The monoisotopic (exact) mass is 397 g/mol. The van der Waals surface area contributed by atoms with E-state index in [0.29, 0.717) is 31.2 Å². The highest BCUT2D eigenvalue weighted by atomic mass is 32.2. The van der Waals surface area contributed by atoms with Crippen molar-refractivity contribution in [2.24, 2.45) is 11.1 Å². The maximum Gasteiger partial charge on any atom is 0.274 e. The standard InChI is InChI=1S/C18H27N3O5S/c1-3-26-17-11-14(6-8-16(17)25-2)7-9-18(22)21-10-4-5-15(13-21)12-20-27(19,23)24/h6-9,11,15,20H,3-5,10,12-13H2,1-2H3,(H2,19,23,24)/b9-7+. The number of rotatable bonds is 8. The van der Waals surface area contributed by atoms with Gasteiger partial charge in [0.15, 0.2) is 11.5 Å². The molecule has 9 heteroatoms. The number of methoxy groups -OCH3 is 1. The zero-order valence-electron chi connectivity index (χ0n) is 15.7. The van der Waals surface area contributed by atoms with E-state index < -0.39 is 10.2 Å². The Morgan fingerprint density at radius 1 is 1.41 bits per heavy atom. The maximum absolute atomic E-state index is 12.5. The zero-order valence-corrected chi connectivity index (χ0v) is 16.5. The molecule has 1 amide bonds. The third-order valence-corrected chi connectivity index (χ3v) is 4.88. The fourth-order valence-corrected chi connectivity index (χ4v) is 3.47. The summed E-state index contributed by atoms with van der Waals surface area (Å²) < 4.78 is 35.1. The third-order valence-electron chi connectivity index (χ3n) is 4.31. The lowest BCUT2D eigenvalue weighted by Gasteiger charge is -2.32. The van der Waals surface area contributed by atoms with E-state index in [1.165, 1.54) is 6.08 Å². The van der Waals surface area contributed by atoms with E-state index in [1.807, 2.05) is 19.1 Å². The Morgan fingerprint density at radius 3 is 2.85 bits per heavy atom. The maximum atomic E-state index is 12.5. The van der Waals surface area contributed by atoms with Gasteiger partial charge in [-0.05, 0) is 49.5 Å². The SMILES string of the molecule is CCOc1cc(/C=C/C(=O)N2CCCC(CNS(N)(=O)=O)C2)ccc1OC. The van der Waals surface area contributed by atoms with Gasteiger partial charge in [-0.2, -0.15) is 8.42 Å². The Morgan fingerprint density at radius 2 is 2.19 bits per heavy atom. The lowest BCUT2D eigenvalue weighted by Crippen LogP contribution is -2.44. The van der Waals surface area contributed by atoms with Crippen molar-refractivity contribution < 1.29 is 22.7 Å². The van der Waals surface area contributed by atoms with Crippen LogP contribution >= 0.6 is 0 Å². The minimum Gasteiger partial charge on any atom is -0.493 e. The summed E-state index contributed by atoms with van der Waals surface area (Å²) in [4.78, 5) is 14.2. The van der Waals surface area contributed by atoms with Gasteiger partial charge in [0, 0.05) is 25.7 Å². The summed E-state index contributed by atoms with van der Waals surface area (Å²) in [7, 11) is -2.13. The van der Waals surface area contributed by atoms with Gasteiger partial charge in [0.05, 0.1) is 13.7 Å². The van der Waals surface area contributed by atoms with Gasteiger partial charge in [-0.15, -0.1) is 0 Å². The second-order valence-electron chi connectivity index (χ2n) is 6.36. The summed E-state index contributed by atoms with van der Waals surface area (Å²) >= 11 is 0. The van der Waals surface area contributed by atoms with E-state index in [-0.39, 0.29) is 18.4 Å². The van der Waals surface area contributed by atoms with Crippen molar-refractivity contribution in [2.75, 3.05) is 33.4 Å². The summed E-state index contributed by atoms with van der Waals surface area (Å²) in [5.41, 5.74) is 0.831. The highest BCUT2D eigenvalue weighted by molar-refractivity contribution is 7.87. The number of likely N-dealkylation sites (tertiary alicyclic amines) is 1. The van der Waals surface area contributed by atoms with Gasteiger partial charge in [-0.25, -0.2) is 9.86 Å². The summed E-state index contributed by atoms with van der Waals surface area (Å²) in [5.74, 6) is 1.22. The number of carbonyl (C=O) groups is 1. The molecule has 27 heavy (non-hydrogen) atoms. The normalized spacial score (nSPS) is 17.9. The van der Waals surface area contributed by atoms with E-state index in [2.05, 4.69) is 4.72 Å². The molecule has 0 radical (unpaired) electrons. The minimum atomic E-state index is -3.71. The molecule has 1 fully saturated rings. The van der Waals surface area contributed by atoms with E-state index in [1.54, 1.807) is 24.2 Å². The van der Waals surface area contributed by atoms with Crippen LogP contribution in [0.4, 0.5) is 0 Å². The highest BCUT2D eigenvalue weighted by Gasteiger charge is 2.23. The predicted molar refractivity (Wildman–Crippen MR) is 104 cm³/mol.